The number of aliphatic hydroxyl groups is 18. The van der Waals surface area contributed by atoms with E-state index in [0.29, 0.717) is 92.3 Å². The number of aldehydes is 1. The highest BCUT2D eigenvalue weighted by Crippen LogP contribution is 2.77. The smallest absolute Gasteiger partial charge is 0.407 e. The van der Waals surface area contributed by atoms with E-state index in [-0.39, 0.29) is 36.5 Å². The Labute approximate surface area is 793 Å². The molecule has 0 aromatic rings. The normalized spacial score (nSPS) is 52.9. The molecule has 7 heterocycles. The second-order valence-corrected chi connectivity index (χ2v) is 46.4. The van der Waals surface area contributed by atoms with Crippen molar-refractivity contribution in [2.75, 3.05) is 39.6 Å². The molecule has 1 amide bonds. The van der Waals surface area contributed by atoms with Crippen molar-refractivity contribution in [3.05, 3.63) is 11.6 Å². The zero-order valence-electron chi connectivity index (χ0n) is 80.3. The quantitative estimate of drug-likeness (QED) is 0.0247. The first kappa shape index (κ1) is 105. The van der Waals surface area contributed by atoms with Crippen LogP contribution < -0.4 is 5.32 Å². The summed E-state index contributed by atoms with van der Waals surface area (Å²) < 4.78 is 92.1. The van der Waals surface area contributed by atoms with E-state index in [9.17, 15) is 111 Å². The van der Waals surface area contributed by atoms with Gasteiger partial charge in [-0.2, -0.15) is 0 Å². The molecule has 9 aliphatic carbocycles. The lowest BCUT2D eigenvalue weighted by molar-refractivity contribution is -0.391. The summed E-state index contributed by atoms with van der Waals surface area (Å²) in [5, 5.41) is 218. The SMILES string of the molecule is CC(C)CCC[C@@H](C)[C@H]1CC[C@H]2[C@@H]3CC[C@H]4C[C@@H](OC(=O)N[C@H]5C(CO)O[C@@H](OC(=O)[C@]67CCC(C)(C)CC6C6=CCC8C9(C)CC[C@H](O[C@@H]%10OC(C(=O)O)[C@H](O)[C@H](O[C@@H]%11OC[C@H](O)[C@H](O)C%11O)C%10O[C@@H]%10OC(CO)[C@H](O)[C@H](O)C%10O)[C@](C)(C=O)[C@@H]9CCC8(C)C6(C)CC7O)C(O[C@@H]6OC(C)[C@H](O[C@@H]7OC[C@H](O)C(O[C@H]8OC[C@@](O)(CO)C8O)C7O)C(O)C6O)C5O)CC[C@]4(C)[C@H]3CC[C@]12C. The number of esters is 1. The molecule has 7 saturated heterocycles. The summed E-state index contributed by atoms with van der Waals surface area (Å²) >= 11 is 0. The summed E-state index contributed by atoms with van der Waals surface area (Å²) in [5.74, 6) is -0.133. The van der Waals surface area contributed by atoms with E-state index in [0.717, 1.165) is 31.1 Å². The largest absolute Gasteiger partial charge is 0.479 e. The molecule has 15 fully saturated rings. The standard InChI is InChI=1S/C97H155NO38/c1-42(2)14-13-15-43(3)48-18-19-49-47-17-16-45-32-46(22-26-90(45,7)50(47)23-27-91(48,49)8)126-88(120)98-61-55(35-99)127-84(76(64(61)108)134-82-69(113)66(110)72(44(4)125-82)130-81-71(115)73(54(104)38-123-81)131-86-78(116)96(121,40-102)41-124-86)136-87(119)97-31-30-89(5,6)33-52(97)51-20-21-58-92(9)28-25-60(93(10,39-101)57(92)24-29-94(58,11)95(51,12)34-59(97)105)129-85-77(135-83-68(112)65(109)63(107)56(36-100)128-83)74(70(114)75(133-85)79(117)118)132-80-67(111)62(106)53(103)37-122-80/h20,39,42-50,52-78,80-86,99-100,102-116,121H,13-19,21-38,40-41H2,1-12H3,(H,98,120)(H,117,118)/t43-,44?,45+,46+,47+,48-,49+,50+,52?,53+,54+,55?,56?,57-,58?,59?,60+,61+,62+,63+,64?,65+,66?,67?,68?,69?,70-,71?,72+,73?,74+,75?,76?,77?,78?,80+,81+,82+,83+,84+,85-,86-,90+,91-,92?,93-,94?,95?,96+,97-/m1/s1. The monoisotopic (exact) mass is 1940 g/mol. The number of fused-ring (bicyclic) bond motifs is 12. The van der Waals surface area contributed by atoms with Crippen molar-refractivity contribution in [3.8, 4) is 0 Å². The summed E-state index contributed by atoms with van der Waals surface area (Å²) in [6, 6.07) is -1.60. The topological polar surface area (TPSA) is 603 Å². The molecule has 8 saturated carbocycles. The summed E-state index contributed by atoms with van der Waals surface area (Å²) in [7, 11) is 0. The highest BCUT2D eigenvalue weighted by molar-refractivity contribution is 5.80. The summed E-state index contributed by atoms with van der Waals surface area (Å²) in [6.07, 6.45) is -40.4. The summed E-state index contributed by atoms with van der Waals surface area (Å²) in [4.78, 5) is 58.9. The van der Waals surface area contributed by atoms with Gasteiger partial charge in [-0.15, -0.1) is 0 Å². The van der Waals surface area contributed by atoms with Crippen molar-refractivity contribution in [3.63, 3.8) is 0 Å². The van der Waals surface area contributed by atoms with Gasteiger partial charge < -0.3 is 178 Å². The number of ether oxygens (including phenoxy) is 15. The molecule has 39 heteroatoms. The highest BCUT2D eigenvalue weighted by atomic mass is 16.8. The molecule has 0 aromatic heterocycles. The van der Waals surface area contributed by atoms with Crippen molar-refractivity contribution in [2.45, 2.75) is 426 Å². The number of allylic oxidation sites excluding steroid dienone is 2. The third kappa shape index (κ3) is 18.3. The fourth-order valence-electron chi connectivity index (χ4n) is 29.9. The van der Waals surface area contributed by atoms with Crippen molar-refractivity contribution in [1.82, 2.24) is 5.32 Å². The second-order valence-electron chi connectivity index (χ2n) is 46.4. The van der Waals surface area contributed by atoms with Crippen LogP contribution in [0.25, 0.3) is 0 Å². The van der Waals surface area contributed by atoms with Crippen LogP contribution in [0.2, 0.25) is 0 Å². The third-order valence-electron chi connectivity index (χ3n) is 38.0. The van der Waals surface area contributed by atoms with Gasteiger partial charge in [-0.3, -0.25) is 4.79 Å². The molecule has 0 radical (unpaired) electrons. The van der Waals surface area contributed by atoms with Crippen LogP contribution in [0.15, 0.2) is 11.6 Å². The number of aliphatic hydroxyl groups excluding tert-OH is 17. The predicted octanol–water partition coefficient (Wildman–Crippen LogP) is 0.850. The Bertz CT molecular complexity index is 4170. The minimum absolute atomic E-state index is 0.0140. The van der Waals surface area contributed by atoms with E-state index in [1.165, 1.54) is 51.9 Å². The number of amides is 1. The number of alkyl carbamates (subject to hydrolysis) is 1. The van der Waals surface area contributed by atoms with E-state index >= 15 is 4.79 Å². The van der Waals surface area contributed by atoms with Crippen LogP contribution in [-0.2, 0) is 85.4 Å². The molecule has 20 unspecified atom stereocenters. The number of rotatable bonds is 26. The molecular weight excluding hydrogens is 1790 g/mol. The molecule has 136 heavy (non-hydrogen) atoms. The van der Waals surface area contributed by atoms with Gasteiger partial charge in [-0.25, -0.2) is 9.59 Å². The Kier molecular flexibility index (Phi) is 30.9. The molecule has 50 atom stereocenters. The van der Waals surface area contributed by atoms with Gasteiger partial charge in [-0.1, -0.05) is 107 Å². The zero-order valence-corrected chi connectivity index (χ0v) is 80.3. The van der Waals surface area contributed by atoms with Crippen LogP contribution in [0.1, 0.15) is 218 Å². The van der Waals surface area contributed by atoms with Gasteiger partial charge in [0.15, 0.2) is 49.9 Å². The Morgan fingerprint density at radius 2 is 1.17 bits per heavy atom. The van der Waals surface area contributed by atoms with E-state index in [2.05, 4.69) is 80.6 Å². The fraction of sp³-hybridized carbons (Fsp3) is 0.938. The lowest BCUT2D eigenvalue weighted by Crippen LogP contribution is -2.70. The third-order valence-corrected chi connectivity index (χ3v) is 38.0. The first-order valence-corrected chi connectivity index (χ1v) is 50.1. The molecule has 0 bridgehead atoms. The van der Waals surface area contributed by atoms with Crippen LogP contribution in [-0.4, -0.2) is 369 Å². The van der Waals surface area contributed by atoms with Crippen molar-refractivity contribution < 1.29 is 187 Å². The Morgan fingerprint density at radius 1 is 0.537 bits per heavy atom. The lowest BCUT2D eigenvalue weighted by Gasteiger charge is -2.71. The van der Waals surface area contributed by atoms with Crippen LogP contribution in [0.4, 0.5) is 4.79 Å². The average Bonchev–Trinajstić information content (AvgIpc) is 0.810. The van der Waals surface area contributed by atoms with E-state index in [1.54, 1.807) is 6.92 Å². The van der Waals surface area contributed by atoms with Crippen molar-refractivity contribution in [2.24, 2.45) is 102 Å². The maximum Gasteiger partial charge on any atom is 0.407 e. The number of hydrogen-bond donors (Lipinski definition) is 20. The van der Waals surface area contributed by atoms with E-state index in [1.807, 2.05) is 0 Å². The number of hydrogen-bond acceptors (Lipinski definition) is 37. The summed E-state index contributed by atoms with van der Waals surface area (Å²) in [5.41, 5.74) is -7.05. The minimum atomic E-state index is -2.24. The number of carbonyl (C=O) groups is 4. The van der Waals surface area contributed by atoms with Crippen LogP contribution in [0, 0.1) is 102 Å². The first-order valence-electron chi connectivity index (χ1n) is 50.1. The first-order chi connectivity index (χ1) is 64.0. The van der Waals surface area contributed by atoms with Crippen LogP contribution >= 0.6 is 0 Å². The van der Waals surface area contributed by atoms with Gasteiger partial charge in [0.2, 0.25) is 6.29 Å². The van der Waals surface area contributed by atoms with E-state index in [4.69, 9.17) is 71.1 Å². The van der Waals surface area contributed by atoms with Gasteiger partial charge >= 0.3 is 18.0 Å². The van der Waals surface area contributed by atoms with Gasteiger partial charge in [0, 0.05) is 0 Å². The number of carboxylic acid groups (broad SMARTS) is 1. The van der Waals surface area contributed by atoms with Gasteiger partial charge in [-0.05, 0) is 214 Å². The van der Waals surface area contributed by atoms with Gasteiger partial charge in [0.25, 0.3) is 0 Å². The number of aliphatic carboxylic acids is 1. The van der Waals surface area contributed by atoms with Crippen molar-refractivity contribution >= 4 is 24.3 Å². The Balaban J connectivity index is 0.651. The number of nitrogens with one attached hydrogen (secondary N) is 1. The Morgan fingerprint density at radius 3 is 1.85 bits per heavy atom. The molecule has 0 spiro atoms. The minimum Gasteiger partial charge on any atom is -0.479 e. The van der Waals surface area contributed by atoms with Crippen molar-refractivity contribution in [1.29, 1.82) is 0 Å². The van der Waals surface area contributed by atoms with Gasteiger partial charge in [0.1, 0.15) is 139 Å². The molecule has 7 aliphatic heterocycles. The molecule has 0 aromatic carbocycles. The number of carboxylic acids is 1. The molecule has 16 aliphatic rings. The maximum atomic E-state index is 16.5. The fourth-order valence-corrected chi connectivity index (χ4v) is 29.9. The highest BCUT2D eigenvalue weighted by Gasteiger charge is 2.74. The second kappa shape index (κ2) is 40.0. The lowest BCUT2D eigenvalue weighted by atomic mass is 9.33. The van der Waals surface area contributed by atoms with Crippen LogP contribution in [0.3, 0.4) is 0 Å². The Hall–Kier alpha value is -3.62. The van der Waals surface area contributed by atoms with Gasteiger partial charge in [0.05, 0.1) is 69.4 Å². The zero-order chi connectivity index (χ0) is 98.5. The predicted molar refractivity (Wildman–Crippen MR) is 468 cm³/mol. The molecular formula is C97H155NO38. The summed E-state index contributed by atoms with van der Waals surface area (Å²) in [6.45, 7) is 21.3. The molecule has 776 valence electrons. The molecule has 16 rings (SSSR count). The molecule has 39 nitrogen and oxygen atoms in total. The van der Waals surface area contributed by atoms with E-state index < -0.39 is 310 Å². The molecule has 20 N–H and O–H groups in total. The average molecular weight is 1940 g/mol. The number of carbonyl (C=O) groups excluding carboxylic acids is 3. The maximum absolute atomic E-state index is 16.5. The van der Waals surface area contributed by atoms with Crippen LogP contribution in [0.5, 0.6) is 0 Å².